The molecule has 7 nitrogen and oxygen atoms in total. The average Bonchev–Trinajstić information content (AvgIpc) is 2.73. The van der Waals surface area contributed by atoms with E-state index in [-0.39, 0.29) is 5.69 Å². The molecule has 0 unspecified atom stereocenters. The molecule has 0 N–H and O–H groups in total. The maximum atomic E-state index is 11.4. The zero-order valence-electron chi connectivity index (χ0n) is 14.5. The van der Waals surface area contributed by atoms with Crippen LogP contribution < -0.4 is 9.80 Å². The predicted octanol–water partition coefficient (Wildman–Crippen LogP) is 2.14. The van der Waals surface area contributed by atoms with Crippen LogP contribution in [0.4, 0.5) is 11.6 Å². The highest BCUT2D eigenvalue weighted by atomic mass is 16.5. The van der Waals surface area contributed by atoms with E-state index in [0.717, 1.165) is 48.7 Å². The van der Waals surface area contributed by atoms with Crippen LogP contribution in [0, 0.1) is 0 Å². The molecule has 0 saturated carbocycles. The van der Waals surface area contributed by atoms with Gasteiger partial charge in [0.15, 0.2) is 11.5 Å². The zero-order valence-corrected chi connectivity index (χ0v) is 14.5. The SMILES string of the molecule is COC(=O)c1ccc(N2CCN(c3ccc4ccccc4n3)CC2)nn1. The van der Waals surface area contributed by atoms with Crippen LogP contribution in [-0.2, 0) is 4.74 Å². The third-order valence-electron chi connectivity index (χ3n) is 4.56. The van der Waals surface area contributed by atoms with Crippen LogP contribution >= 0.6 is 0 Å². The Morgan fingerprint density at radius 2 is 1.58 bits per heavy atom. The largest absolute Gasteiger partial charge is 0.464 e. The molecule has 0 radical (unpaired) electrons. The molecule has 0 spiro atoms. The van der Waals surface area contributed by atoms with Gasteiger partial charge in [-0.25, -0.2) is 9.78 Å². The summed E-state index contributed by atoms with van der Waals surface area (Å²) in [7, 11) is 1.33. The van der Waals surface area contributed by atoms with Gasteiger partial charge in [0.05, 0.1) is 12.6 Å². The van der Waals surface area contributed by atoms with Crippen LogP contribution in [0.3, 0.4) is 0 Å². The van der Waals surface area contributed by atoms with Gasteiger partial charge in [-0.1, -0.05) is 18.2 Å². The summed E-state index contributed by atoms with van der Waals surface area (Å²) in [6.07, 6.45) is 0. The minimum absolute atomic E-state index is 0.218. The Balaban J connectivity index is 1.44. The Hall–Kier alpha value is -3.22. The van der Waals surface area contributed by atoms with Gasteiger partial charge in [-0.15, -0.1) is 10.2 Å². The number of methoxy groups -OCH3 is 1. The molecule has 1 aliphatic rings. The van der Waals surface area contributed by atoms with Crippen molar-refractivity contribution in [1.29, 1.82) is 0 Å². The highest BCUT2D eigenvalue weighted by molar-refractivity contribution is 5.87. The number of hydrogen-bond donors (Lipinski definition) is 0. The summed E-state index contributed by atoms with van der Waals surface area (Å²) in [4.78, 5) is 20.6. The number of anilines is 2. The maximum absolute atomic E-state index is 11.4. The van der Waals surface area contributed by atoms with Gasteiger partial charge in [0, 0.05) is 31.6 Å². The number of ether oxygens (including phenoxy) is 1. The lowest BCUT2D eigenvalue weighted by molar-refractivity contribution is 0.0592. The minimum Gasteiger partial charge on any atom is -0.464 e. The second-order valence-electron chi connectivity index (χ2n) is 6.10. The minimum atomic E-state index is -0.476. The maximum Gasteiger partial charge on any atom is 0.358 e. The zero-order chi connectivity index (χ0) is 17.9. The fourth-order valence-corrected chi connectivity index (χ4v) is 3.10. The number of rotatable bonds is 3. The first-order valence-electron chi connectivity index (χ1n) is 8.52. The molecule has 7 heteroatoms. The average molecular weight is 349 g/mol. The van der Waals surface area contributed by atoms with Crippen molar-refractivity contribution in [3.8, 4) is 0 Å². The van der Waals surface area contributed by atoms with Crippen molar-refractivity contribution in [2.45, 2.75) is 0 Å². The predicted molar refractivity (Wildman–Crippen MR) is 99.5 cm³/mol. The summed E-state index contributed by atoms with van der Waals surface area (Å²) in [5.41, 5.74) is 1.23. The summed E-state index contributed by atoms with van der Waals surface area (Å²) >= 11 is 0. The Morgan fingerprint density at radius 3 is 2.27 bits per heavy atom. The van der Waals surface area contributed by atoms with Crippen LogP contribution in [0.25, 0.3) is 10.9 Å². The molecule has 26 heavy (non-hydrogen) atoms. The number of pyridine rings is 1. The fraction of sp³-hybridized carbons (Fsp3) is 0.263. The van der Waals surface area contributed by atoms with E-state index in [0.29, 0.717) is 0 Å². The standard InChI is InChI=1S/C19H19N5O2/c1-26-19(25)16-7-9-18(22-21-16)24-12-10-23(11-13-24)17-8-6-14-4-2-3-5-15(14)20-17/h2-9H,10-13H2,1H3. The van der Waals surface area contributed by atoms with E-state index in [1.54, 1.807) is 6.07 Å². The number of aromatic nitrogens is 3. The van der Waals surface area contributed by atoms with E-state index >= 15 is 0 Å². The number of hydrogen-bond acceptors (Lipinski definition) is 7. The number of nitrogens with zero attached hydrogens (tertiary/aromatic N) is 5. The second-order valence-corrected chi connectivity index (χ2v) is 6.10. The van der Waals surface area contributed by atoms with Gasteiger partial charge in [0.2, 0.25) is 0 Å². The van der Waals surface area contributed by atoms with Crippen molar-refractivity contribution in [2.24, 2.45) is 0 Å². The van der Waals surface area contributed by atoms with Crippen LogP contribution in [0.5, 0.6) is 0 Å². The molecule has 1 aromatic carbocycles. The highest BCUT2D eigenvalue weighted by Gasteiger charge is 2.20. The lowest BCUT2D eigenvalue weighted by Crippen LogP contribution is -2.47. The number of esters is 1. The van der Waals surface area contributed by atoms with E-state index < -0.39 is 5.97 Å². The van der Waals surface area contributed by atoms with E-state index in [2.05, 4.69) is 42.9 Å². The number of carbonyl (C=O) groups excluding carboxylic acids is 1. The van der Waals surface area contributed by atoms with Crippen LogP contribution in [0.2, 0.25) is 0 Å². The molecule has 1 aliphatic heterocycles. The van der Waals surface area contributed by atoms with E-state index in [1.165, 1.54) is 7.11 Å². The van der Waals surface area contributed by atoms with Crippen molar-refractivity contribution in [2.75, 3.05) is 43.1 Å². The second kappa shape index (κ2) is 6.95. The molecule has 4 rings (SSSR count). The van der Waals surface area contributed by atoms with Crippen molar-refractivity contribution in [1.82, 2.24) is 15.2 Å². The molecule has 132 valence electrons. The van der Waals surface area contributed by atoms with E-state index in [9.17, 15) is 4.79 Å². The summed E-state index contributed by atoms with van der Waals surface area (Å²) in [5.74, 6) is 1.29. The Labute approximate surface area is 151 Å². The van der Waals surface area contributed by atoms with Crippen LogP contribution in [-0.4, -0.2) is 54.4 Å². The summed E-state index contributed by atoms with van der Waals surface area (Å²) < 4.78 is 4.65. The molecule has 0 atom stereocenters. The first-order chi connectivity index (χ1) is 12.7. The van der Waals surface area contributed by atoms with E-state index in [4.69, 9.17) is 4.98 Å². The molecule has 3 heterocycles. The number of benzene rings is 1. The lowest BCUT2D eigenvalue weighted by atomic mass is 10.2. The van der Waals surface area contributed by atoms with Gasteiger partial charge in [-0.05, 0) is 30.3 Å². The van der Waals surface area contributed by atoms with Crippen molar-refractivity contribution in [3.05, 3.63) is 54.2 Å². The topological polar surface area (TPSA) is 71.5 Å². The molecular formula is C19H19N5O2. The lowest BCUT2D eigenvalue weighted by Gasteiger charge is -2.35. The fourth-order valence-electron chi connectivity index (χ4n) is 3.10. The van der Waals surface area contributed by atoms with Crippen molar-refractivity contribution in [3.63, 3.8) is 0 Å². The summed E-state index contributed by atoms with van der Waals surface area (Å²) in [6.45, 7) is 3.35. The van der Waals surface area contributed by atoms with Gasteiger partial charge >= 0.3 is 5.97 Å². The van der Waals surface area contributed by atoms with Gasteiger partial charge in [0.1, 0.15) is 5.82 Å². The smallest absolute Gasteiger partial charge is 0.358 e. The third-order valence-corrected chi connectivity index (χ3v) is 4.56. The van der Waals surface area contributed by atoms with Gasteiger partial charge in [-0.3, -0.25) is 0 Å². The number of carbonyl (C=O) groups is 1. The molecule has 2 aromatic heterocycles. The first-order valence-corrected chi connectivity index (χ1v) is 8.52. The van der Waals surface area contributed by atoms with Crippen LogP contribution in [0.1, 0.15) is 10.5 Å². The first kappa shape index (κ1) is 16.3. The summed E-state index contributed by atoms with van der Waals surface area (Å²) in [6, 6.07) is 15.8. The van der Waals surface area contributed by atoms with Gasteiger partial charge in [0.25, 0.3) is 0 Å². The Kier molecular flexibility index (Phi) is 4.35. The van der Waals surface area contributed by atoms with Gasteiger partial charge in [-0.2, -0.15) is 0 Å². The number of para-hydroxylation sites is 1. The third kappa shape index (κ3) is 3.15. The van der Waals surface area contributed by atoms with Crippen molar-refractivity contribution >= 4 is 28.5 Å². The molecule has 0 bridgehead atoms. The normalized spacial score (nSPS) is 14.5. The van der Waals surface area contributed by atoms with E-state index in [1.807, 2.05) is 24.3 Å². The Bertz CT molecular complexity index is 921. The van der Waals surface area contributed by atoms with Gasteiger partial charge < -0.3 is 14.5 Å². The highest BCUT2D eigenvalue weighted by Crippen LogP contribution is 2.20. The molecular weight excluding hydrogens is 330 g/mol. The molecule has 1 fully saturated rings. The summed E-state index contributed by atoms with van der Waals surface area (Å²) in [5, 5.41) is 9.24. The molecule has 3 aromatic rings. The molecule has 0 amide bonds. The molecule has 0 aliphatic carbocycles. The van der Waals surface area contributed by atoms with Crippen molar-refractivity contribution < 1.29 is 9.53 Å². The Morgan fingerprint density at radius 1 is 0.885 bits per heavy atom. The molecule has 1 saturated heterocycles. The monoisotopic (exact) mass is 349 g/mol. The van der Waals surface area contributed by atoms with Crippen LogP contribution in [0.15, 0.2) is 48.5 Å². The number of piperazine rings is 1. The number of fused-ring (bicyclic) bond motifs is 1. The quantitative estimate of drug-likeness (QED) is 0.671.